The van der Waals surface area contributed by atoms with Gasteiger partial charge < -0.3 is 10.5 Å². The van der Waals surface area contributed by atoms with E-state index in [9.17, 15) is 4.79 Å². The Kier molecular flexibility index (Phi) is 5.70. The van der Waals surface area contributed by atoms with Gasteiger partial charge >= 0.3 is 5.97 Å². The van der Waals surface area contributed by atoms with Gasteiger partial charge in [-0.05, 0) is 24.5 Å². The maximum Gasteiger partial charge on any atom is 0.316 e. The maximum absolute atomic E-state index is 11.5. The first-order valence-electron chi connectivity index (χ1n) is 6.92. The lowest BCUT2D eigenvalue weighted by molar-refractivity contribution is -0.139. The third kappa shape index (κ3) is 3.80. The topological polar surface area (TPSA) is 52.3 Å². The van der Waals surface area contributed by atoms with Crippen LogP contribution < -0.4 is 5.73 Å². The molecule has 3 nitrogen and oxygen atoms in total. The van der Waals surface area contributed by atoms with E-state index < -0.39 is 0 Å². The van der Waals surface area contributed by atoms with Crippen molar-refractivity contribution >= 4 is 34.1 Å². The average Bonchev–Trinajstić information content (AvgIpc) is 2.82. The summed E-state index contributed by atoms with van der Waals surface area (Å²) in [5.74, 6) is 0.146. The first-order chi connectivity index (χ1) is 10.2. The van der Waals surface area contributed by atoms with Gasteiger partial charge in [-0.1, -0.05) is 37.3 Å². The fraction of sp³-hybridized carbons (Fsp3) is 0.312. The smallest absolute Gasteiger partial charge is 0.316 e. The molecule has 2 aromatic rings. The van der Waals surface area contributed by atoms with Gasteiger partial charge in [-0.3, -0.25) is 4.79 Å². The van der Waals surface area contributed by atoms with Crippen LogP contribution in [0.3, 0.4) is 0 Å². The zero-order valence-corrected chi connectivity index (χ0v) is 13.9. The molecule has 0 aliphatic rings. The lowest BCUT2D eigenvalue weighted by Crippen LogP contribution is -2.06. The Morgan fingerprint density at radius 3 is 2.62 bits per heavy atom. The molecule has 0 bridgehead atoms. The molecule has 0 aliphatic heterocycles. The largest absolute Gasteiger partial charge is 0.465 e. The fourth-order valence-electron chi connectivity index (χ4n) is 2.15. The molecule has 112 valence electrons. The molecule has 0 fully saturated rings. The van der Waals surface area contributed by atoms with Crippen LogP contribution in [-0.4, -0.2) is 18.3 Å². The van der Waals surface area contributed by atoms with Crippen LogP contribution >= 0.6 is 23.1 Å². The van der Waals surface area contributed by atoms with Gasteiger partial charge in [0.15, 0.2) is 0 Å². The number of ether oxygens (including phenoxy) is 1. The van der Waals surface area contributed by atoms with Crippen molar-refractivity contribution in [1.29, 1.82) is 0 Å². The van der Waals surface area contributed by atoms with Gasteiger partial charge in [-0.15, -0.1) is 23.1 Å². The van der Waals surface area contributed by atoms with Crippen molar-refractivity contribution in [1.82, 2.24) is 0 Å². The quantitative estimate of drug-likeness (QED) is 0.639. The highest BCUT2D eigenvalue weighted by Crippen LogP contribution is 2.43. The predicted octanol–water partition coefficient (Wildman–Crippen LogP) is 4.21. The average molecular weight is 321 g/mol. The molecular formula is C16H19NO2S2. The minimum absolute atomic E-state index is 0.183. The summed E-state index contributed by atoms with van der Waals surface area (Å²) in [5, 5.41) is 0.810. The van der Waals surface area contributed by atoms with Crippen LogP contribution in [0.5, 0.6) is 0 Å². The van der Waals surface area contributed by atoms with Crippen molar-refractivity contribution in [3.05, 3.63) is 35.9 Å². The van der Waals surface area contributed by atoms with E-state index in [1.807, 2.05) is 25.1 Å². The summed E-state index contributed by atoms with van der Waals surface area (Å²) in [6.45, 7) is 4.35. The zero-order chi connectivity index (χ0) is 15.2. The van der Waals surface area contributed by atoms with E-state index in [-0.39, 0.29) is 5.97 Å². The molecule has 1 heterocycles. The van der Waals surface area contributed by atoms with E-state index in [0.29, 0.717) is 12.4 Å². The monoisotopic (exact) mass is 321 g/mol. The number of hydrogen-bond donors (Lipinski definition) is 1. The van der Waals surface area contributed by atoms with E-state index in [2.05, 4.69) is 19.1 Å². The van der Waals surface area contributed by atoms with E-state index in [0.717, 1.165) is 26.8 Å². The van der Waals surface area contributed by atoms with Gasteiger partial charge in [-0.25, -0.2) is 0 Å². The number of anilines is 1. The second-order valence-electron chi connectivity index (χ2n) is 4.42. The number of esters is 1. The standard InChI is InChI=1S/C16H19NO2S2/c1-3-12-14(11-8-6-5-7-9-11)15(17)21-16(12)20-10-13(18)19-4-2/h5-9H,3-4,10,17H2,1-2H3. The number of thiophene rings is 1. The van der Waals surface area contributed by atoms with Crippen molar-refractivity contribution < 1.29 is 9.53 Å². The van der Waals surface area contributed by atoms with Crippen LogP contribution in [0.1, 0.15) is 19.4 Å². The molecule has 2 rings (SSSR count). The lowest BCUT2D eigenvalue weighted by Gasteiger charge is -2.06. The summed E-state index contributed by atoms with van der Waals surface area (Å²) in [7, 11) is 0. The van der Waals surface area contributed by atoms with Gasteiger partial charge in [0.1, 0.15) is 0 Å². The minimum Gasteiger partial charge on any atom is -0.465 e. The number of carbonyl (C=O) groups is 1. The lowest BCUT2D eigenvalue weighted by atomic mass is 10.0. The Labute approximate surface area is 133 Å². The summed E-state index contributed by atoms with van der Waals surface area (Å²) < 4.78 is 6.09. The van der Waals surface area contributed by atoms with Gasteiger partial charge in [0.25, 0.3) is 0 Å². The number of hydrogen-bond acceptors (Lipinski definition) is 5. The number of benzene rings is 1. The molecule has 0 amide bonds. The molecule has 1 aromatic carbocycles. The van der Waals surface area contributed by atoms with Gasteiger partial charge in [-0.2, -0.15) is 0 Å². The molecule has 21 heavy (non-hydrogen) atoms. The van der Waals surface area contributed by atoms with Crippen molar-refractivity contribution in [2.24, 2.45) is 0 Å². The Bertz CT molecular complexity index is 608. The van der Waals surface area contributed by atoms with Gasteiger partial charge in [0, 0.05) is 5.56 Å². The maximum atomic E-state index is 11.5. The molecular weight excluding hydrogens is 302 g/mol. The second-order valence-corrected chi connectivity index (χ2v) is 6.72. The molecule has 0 spiro atoms. The fourth-order valence-corrected chi connectivity index (χ4v) is 4.50. The second kappa shape index (κ2) is 7.52. The summed E-state index contributed by atoms with van der Waals surface area (Å²) in [4.78, 5) is 11.5. The van der Waals surface area contributed by atoms with Crippen LogP contribution in [0, 0.1) is 0 Å². The number of nitrogen functional groups attached to an aromatic ring is 1. The first-order valence-corrected chi connectivity index (χ1v) is 8.72. The first kappa shape index (κ1) is 15.9. The molecule has 1 aromatic heterocycles. The van der Waals surface area contributed by atoms with E-state index >= 15 is 0 Å². The minimum atomic E-state index is -0.183. The molecule has 5 heteroatoms. The highest BCUT2D eigenvalue weighted by Gasteiger charge is 2.18. The Morgan fingerprint density at radius 2 is 2.00 bits per heavy atom. The molecule has 0 saturated carbocycles. The molecule has 0 aliphatic carbocycles. The summed E-state index contributed by atoms with van der Waals surface area (Å²) in [6, 6.07) is 10.2. The normalized spacial score (nSPS) is 10.6. The third-order valence-corrected chi connectivity index (χ3v) is 5.39. The number of carbonyl (C=O) groups excluding carboxylic acids is 1. The van der Waals surface area contributed by atoms with Crippen molar-refractivity contribution in [2.75, 3.05) is 18.1 Å². The Morgan fingerprint density at radius 1 is 1.29 bits per heavy atom. The van der Waals surface area contributed by atoms with Crippen LogP contribution in [0.4, 0.5) is 5.00 Å². The predicted molar refractivity (Wildman–Crippen MR) is 90.9 cm³/mol. The van der Waals surface area contributed by atoms with Gasteiger partial charge in [0.2, 0.25) is 0 Å². The van der Waals surface area contributed by atoms with Gasteiger partial charge in [0.05, 0.1) is 21.6 Å². The highest BCUT2D eigenvalue weighted by molar-refractivity contribution is 8.01. The molecule has 2 N–H and O–H groups in total. The number of nitrogens with two attached hydrogens (primary N) is 1. The Balaban J connectivity index is 2.26. The van der Waals surface area contributed by atoms with Crippen LogP contribution in [-0.2, 0) is 16.0 Å². The van der Waals surface area contributed by atoms with Crippen LogP contribution in [0.15, 0.2) is 34.5 Å². The molecule has 0 atom stereocenters. The zero-order valence-electron chi connectivity index (χ0n) is 12.2. The van der Waals surface area contributed by atoms with E-state index in [1.165, 1.54) is 17.3 Å². The number of thioether (sulfide) groups is 1. The number of rotatable bonds is 6. The highest BCUT2D eigenvalue weighted by atomic mass is 32.2. The molecule has 0 saturated heterocycles. The van der Waals surface area contributed by atoms with E-state index in [4.69, 9.17) is 10.5 Å². The molecule has 0 radical (unpaired) electrons. The summed E-state index contributed by atoms with van der Waals surface area (Å²) in [6.07, 6.45) is 0.892. The van der Waals surface area contributed by atoms with E-state index in [1.54, 1.807) is 11.3 Å². The SMILES string of the molecule is CCOC(=O)CSc1sc(N)c(-c2ccccc2)c1CC. The van der Waals surface area contributed by atoms with Crippen LogP contribution in [0.2, 0.25) is 0 Å². The van der Waals surface area contributed by atoms with Crippen molar-refractivity contribution in [2.45, 2.75) is 24.5 Å². The molecule has 0 unspecified atom stereocenters. The third-order valence-electron chi connectivity index (χ3n) is 3.04. The summed E-state index contributed by atoms with van der Waals surface area (Å²) in [5.41, 5.74) is 9.66. The van der Waals surface area contributed by atoms with Crippen molar-refractivity contribution in [3.8, 4) is 11.1 Å². The Hall–Kier alpha value is -1.46. The van der Waals surface area contributed by atoms with Crippen molar-refractivity contribution in [3.63, 3.8) is 0 Å². The summed E-state index contributed by atoms with van der Waals surface area (Å²) >= 11 is 3.07. The van der Waals surface area contributed by atoms with Crippen LogP contribution in [0.25, 0.3) is 11.1 Å².